The highest BCUT2D eigenvalue weighted by Gasteiger charge is 2.11. The number of tetrazole rings is 1. The van der Waals surface area contributed by atoms with Gasteiger partial charge in [0, 0.05) is 18.9 Å². The zero-order valence-electron chi connectivity index (χ0n) is 10.7. The topological polar surface area (TPSA) is 64.9 Å². The summed E-state index contributed by atoms with van der Waals surface area (Å²) in [7, 11) is 1.70. The van der Waals surface area contributed by atoms with Crippen molar-refractivity contribution in [2.24, 2.45) is 0 Å². The van der Waals surface area contributed by atoms with Gasteiger partial charge in [0.15, 0.2) is 0 Å². The minimum absolute atomic E-state index is 0.355. The fourth-order valence-electron chi connectivity index (χ4n) is 1.36. The molecule has 1 atom stereocenters. The molecule has 1 heterocycles. The second kappa shape index (κ2) is 8.43. The van der Waals surface area contributed by atoms with Crippen LogP contribution in [0.15, 0.2) is 5.16 Å². The molecular formula is C10H21N5OS. The van der Waals surface area contributed by atoms with Gasteiger partial charge in [-0.05, 0) is 23.4 Å². The molecule has 0 aliphatic heterocycles. The molecule has 1 N–H and O–H groups in total. The van der Waals surface area contributed by atoms with Crippen molar-refractivity contribution in [1.29, 1.82) is 0 Å². The van der Waals surface area contributed by atoms with Crippen LogP contribution in [0.4, 0.5) is 0 Å². The molecule has 6 nitrogen and oxygen atoms in total. The molecule has 0 amide bonds. The molecule has 0 aromatic carbocycles. The van der Waals surface area contributed by atoms with Gasteiger partial charge < -0.3 is 10.1 Å². The molecule has 1 rings (SSSR count). The Morgan fingerprint density at radius 1 is 1.47 bits per heavy atom. The van der Waals surface area contributed by atoms with Gasteiger partial charge in [0.25, 0.3) is 0 Å². The summed E-state index contributed by atoms with van der Waals surface area (Å²) < 4.78 is 6.93. The lowest BCUT2D eigenvalue weighted by atomic mass is 10.5. The average molecular weight is 259 g/mol. The molecule has 0 aliphatic rings. The molecule has 0 saturated carbocycles. The third kappa shape index (κ3) is 5.47. The van der Waals surface area contributed by atoms with Gasteiger partial charge in [-0.1, -0.05) is 25.6 Å². The van der Waals surface area contributed by atoms with Gasteiger partial charge in [-0.3, -0.25) is 0 Å². The minimum Gasteiger partial charge on any atom is -0.384 e. The van der Waals surface area contributed by atoms with E-state index in [2.05, 4.69) is 34.7 Å². The lowest BCUT2D eigenvalue weighted by Crippen LogP contribution is -2.21. The first-order valence-electron chi connectivity index (χ1n) is 5.90. The summed E-state index contributed by atoms with van der Waals surface area (Å²) >= 11 is 1.64. The zero-order chi connectivity index (χ0) is 12.5. The van der Waals surface area contributed by atoms with E-state index >= 15 is 0 Å². The molecular weight excluding hydrogens is 238 g/mol. The number of aromatic nitrogens is 4. The van der Waals surface area contributed by atoms with Crippen molar-refractivity contribution in [3.8, 4) is 0 Å². The van der Waals surface area contributed by atoms with E-state index in [0.717, 1.165) is 31.2 Å². The number of ether oxygens (including phenoxy) is 1. The number of hydrogen-bond acceptors (Lipinski definition) is 6. The van der Waals surface area contributed by atoms with Crippen LogP contribution in [-0.4, -0.2) is 52.3 Å². The molecule has 1 unspecified atom stereocenters. The summed E-state index contributed by atoms with van der Waals surface area (Å²) in [5, 5.41) is 16.2. The first kappa shape index (κ1) is 14.4. The lowest BCUT2D eigenvalue weighted by molar-refractivity contribution is 0.203. The summed E-state index contributed by atoms with van der Waals surface area (Å²) in [6.45, 7) is 7.68. The van der Waals surface area contributed by atoms with Crippen molar-refractivity contribution in [2.75, 3.05) is 26.8 Å². The van der Waals surface area contributed by atoms with Crippen molar-refractivity contribution in [1.82, 2.24) is 25.5 Å². The van der Waals surface area contributed by atoms with Crippen LogP contribution < -0.4 is 5.32 Å². The Morgan fingerprint density at radius 3 is 3.00 bits per heavy atom. The van der Waals surface area contributed by atoms with Gasteiger partial charge >= 0.3 is 0 Å². The van der Waals surface area contributed by atoms with Gasteiger partial charge in [-0.2, -0.15) is 0 Å². The number of nitrogens with zero attached hydrogens (tertiary/aromatic N) is 4. The normalized spacial score (nSPS) is 12.9. The van der Waals surface area contributed by atoms with E-state index in [9.17, 15) is 0 Å². The summed E-state index contributed by atoms with van der Waals surface area (Å²) in [6, 6.07) is 0. The number of rotatable bonds is 9. The molecule has 0 spiro atoms. The van der Waals surface area contributed by atoms with E-state index < -0.39 is 0 Å². The summed E-state index contributed by atoms with van der Waals surface area (Å²) in [5.41, 5.74) is 0. The first-order valence-corrected chi connectivity index (χ1v) is 6.78. The van der Waals surface area contributed by atoms with Gasteiger partial charge in [0.2, 0.25) is 5.16 Å². The Balaban J connectivity index is 2.37. The maximum atomic E-state index is 5.09. The smallest absolute Gasteiger partial charge is 0.209 e. The number of nitrogens with one attached hydrogen (secondary N) is 1. The van der Waals surface area contributed by atoms with Gasteiger partial charge in [0.1, 0.15) is 0 Å². The second-order valence-electron chi connectivity index (χ2n) is 3.82. The Hall–Kier alpha value is -0.660. The lowest BCUT2D eigenvalue weighted by Gasteiger charge is -2.09. The maximum absolute atomic E-state index is 5.09. The van der Waals surface area contributed by atoms with Crippen LogP contribution in [0.2, 0.25) is 0 Å². The summed E-state index contributed by atoms with van der Waals surface area (Å²) in [4.78, 5) is 0. The Morgan fingerprint density at radius 2 is 2.29 bits per heavy atom. The quantitative estimate of drug-likeness (QED) is 0.523. The predicted octanol–water partition coefficient (Wildman–Crippen LogP) is 0.800. The molecule has 0 radical (unpaired) electrons. The number of hydrogen-bond donors (Lipinski definition) is 1. The van der Waals surface area contributed by atoms with Crippen LogP contribution in [0.25, 0.3) is 0 Å². The monoisotopic (exact) mass is 259 g/mol. The van der Waals surface area contributed by atoms with Crippen molar-refractivity contribution >= 4 is 11.8 Å². The van der Waals surface area contributed by atoms with Crippen molar-refractivity contribution in [3.63, 3.8) is 0 Å². The van der Waals surface area contributed by atoms with E-state index in [4.69, 9.17) is 4.74 Å². The van der Waals surface area contributed by atoms with E-state index in [1.165, 1.54) is 0 Å². The van der Waals surface area contributed by atoms with Crippen LogP contribution in [0.3, 0.4) is 0 Å². The molecule has 17 heavy (non-hydrogen) atoms. The van der Waals surface area contributed by atoms with Crippen molar-refractivity contribution < 1.29 is 4.74 Å². The summed E-state index contributed by atoms with van der Waals surface area (Å²) in [6.07, 6.45) is 1.14. The molecule has 0 fully saturated rings. The highest BCUT2D eigenvalue weighted by Crippen LogP contribution is 2.19. The number of methoxy groups -OCH3 is 1. The van der Waals surface area contributed by atoms with E-state index in [0.29, 0.717) is 11.9 Å². The highest BCUT2D eigenvalue weighted by atomic mass is 32.2. The van der Waals surface area contributed by atoms with Crippen LogP contribution in [-0.2, 0) is 11.3 Å². The third-order valence-corrected chi connectivity index (χ3v) is 3.18. The average Bonchev–Trinajstić information content (AvgIpc) is 2.72. The Labute approximate surface area is 106 Å². The third-order valence-electron chi connectivity index (χ3n) is 2.13. The highest BCUT2D eigenvalue weighted by molar-refractivity contribution is 7.99. The molecule has 98 valence electrons. The second-order valence-corrected chi connectivity index (χ2v) is 5.22. The molecule has 1 aromatic heterocycles. The SMILES string of the molecule is CCCNCCn1nnnc1SC(C)COC. The fourth-order valence-corrected chi connectivity index (χ4v) is 2.25. The minimum atomic E-state index is 0.355. The Kier molecular flexibility index (Phi) is 7.14. The molecule has 7 heteroatoms. The molecule has 0 bridgehead atoms. The Bertz CT molecular complexity index is 307. The summed E-state index contributed by atoms with van der Waals surface area (Å²) in [5.74, 6) is 0. The fraction of sp³-hybridized carbons (Fsp3) is 0.900. The van der Waals surface area contributed by atoms with Crippen molar-refractivity contribution in [2.45, 2.75) is 37.2 Å². The van der Waals surface area contributed by atoms with E-state index in [1.807, 2.05) is 4.68 Å². The van der Waals surface area contributed by atoms with Crippen molar-refractivity contribution in [3.05, 3.63) is 0 Å². The van der Waals surface area contributed by atoms with Crippen LogP contribution in [0.5, 0.6) is 0 Å². The zero-order valence-corrected chi connectivity index (χ0v) is 11.5. The van der Waals surface area contributed by atoms with Gasteiger partial charge in [-0.25, -0.2) is 4.68 Å². The number of thioether (sulfide) groups is 1. The van der Waals surface area contributed by atoms with Gasteiger partial charge in [0.05, 0.1) is 13.2 Å². The van der Waals surface area contributed by atoms with Gasteiger partial charge in [-0.15, -0.1) is 5.10 Å². The predicted molar refractivity (Wildman–Crippen MR) is 68.2 cm³/mol. The standard InChI is InChI=1S/C10H21N5OS/c1-4-5-11-6-7-15-10(12-13-14-15)17-9(2)8-16-3/h9,11H,4-8H2,1-3H3. The maximum Gasteiger partial charge on any atom is 0.209 e. The first-order chi connectivity index (χ1) is 8.27. The van der Waals surface area contributed by atoms with Crippen LogP contribution >= 0.6 is 11.8 Å². The molecule has 1 aromatic rings. The largest absolute Gasteiger partial charge is 0.384 e. The van der Waals surface area contributed by atoms with Crippen LogP contribution in [0.1, 0.15) is 20.3 Å². The van der Waals surface area contributed by atoms with E-state index in [1.54, 1.807) is 18.9 Å². The van der Waals surface area contributed by atoms with E-state index in [-0.39, 0.29) is 0 Å². The van der Waals surface area contributed by atoms with Crippen LogP contribution in [0, 0.1) is 0 Å². The molecule has 0 saturated heterocycles. The molecule has 0 aliphatic carbocycles.